The molecule has 0 aromatic heterocycles. The Morgan fingerprint density at radius 2 is 1.68 bits per heavy atom. The standard InChI is InChI=1S/C22H21NO2/c1-16-12-13-17(14-21(16)25-2)15-22(24)23-20-11-7-6-10-19(20)18-8-4-3-5-9-18/h3-14H,15H2,1-2H3,(H,23,24). The maximum atomic E-state index is 12.5. The van der Waals surface area contributed by atoms with Crippen molar-refractivity contribution in [2.45, 2.75) is 13.3 Å². The number of para-hydroxylation sites is 1. The van der Waals surface area contributed by atoms with Crippen molar-refractivity contribution in [3.63, 3.8) is 0 Å². The molecule has 3 aromatic rings. The van der Waals surface area contributed by atoms with E-state index >= 15 is 0 Å². The highest BCUT2D eigenvalue weighted by molar-refractivity contribution is 5.96. The molecule has 0 bridgehead atoms. The van der Waals surface area contributed by atoms with Gasteiger partial charge in [-0.2, -0.15) is 0 Å². The second-order valence-electron chi connectivity index (χ2n) is 5.94. The average Bonchev–Trinajstić information content (AvgIpc) is 2.64. The number of carbonyl (C=O) groups excluding carboxylic acids is 1. The molecule has 3 heteroatoms. The Bertz CT molecular complexity index is 872. The molecule has 3 aromatic carbocycles. The van der Waals surface area contributed by atoms with E-state index in [2.05, 4.69) is 5.32 Å². The van der Waals surface area contributed by atoms with Gasteiger partial charge < -0.3 is 10.1 Å². The van der Waals surface area contributed by atoms with Crippen LogP contribution >= 0.6 is 0 Å². The van der Waals surface area contributed by atoms with Crippen LogP contribution in [-0.2, 0) is 11.2 Å². The molecule has 0 heterocycles. The SMILES string of the molecule is COc1cc(CC(=O)Nc2ccccc2-c2ccccc2)ccc1C. The molecule has 0 radical (unpaired) electrons. The molecule has 0 spiro atoms. The van der Waals surface area contributed by atoms with Crippen molar-refractivity contribution < 1.29 is 9.53 Å². The summed E-state index contributed by atoms with van der Waals surface area (Å²) in [7, 11) is 1.64. The second-order valence-corrected chi connectivity index (χ2v) is 5.94. The zero-order chi connectivity index (χ0) is 17.6. The molecule has 0 aliphatic carbocycles. The van der Waals surface area contributed by atoms with Crippen LogP contribution in [0.25, 0.3) is 11.1 Å². The maximum absolute atomic E-state index is 12.5. The minimum Gasteiger partial charge on any atom is -0.496 e. The topological polar surface area (TPSA) is 38.3 Å². The van der Waals surface area contributed by atoms with E-state index < -0.39 is 0 Å². The van der Waals surface area contributed by atoms with Crippen molar-refractivity contribution in [1.29, 1.82) is 0 Å². The minimum atomic E-state index is -0.0470. The Morgan fingerprint density at radius 3 is 2.44 bits per heavy atom. The average molecular weight is 331 g/mol. The van der Waals surface area contributed by atoms with Crippen LogP contribution < -0.4 is 10.1 Å². The number of ether oxygens (including phenoxy) is 1. The van der Waals surface area contributed by atoms with E-state index in [4.69, 9.17) is 4.74 Å². The van der Waals surface area contributed by atoms with Gasteiger partial charge in [-0.15, -0.1) is 0 Å². The smallest absolute Gasteiger partial charge is 0.228 e. The number of benzene rings is 3. The Morgan fingerprint density at radius 1 is 0.960 bits per heavy atom. The number of amides is 1. The fraction of sp³-hybridized carbons (Fsp3) is 0.136. The van der Waals surface area contributed by atoms with Crippen LogP contribution in [0.2, 0.25) is 0 Å². The minimum absolute atomic E-state index is 0.0470. The quantitative estimate of drug-likeness (QED) is 0.725. The number of carbonyl (C=O) groups is 1. The van der Waals surface area contributed by atoms with E-state index in [1.165, 1.54) is 0 Å². The summed E-state index contributed by atoms with van der Waals surface area (Å²) in [5, 5.41) is 3.03. The van der Waals surface area contributed by atoms with Gasteiger partial charge in [0.1, 0.15) is 5.75 Å². The number of nitrogens with one attached hydrogen (secondary N) is 1. The third kappa shape index (κ3) is 4.07. The Labute approximate surface area is 148 Å². The number of hydrogen-bond donors (Lipinski definition) is 1. The first-order valence-corrected chi connectivity index (χ1v) is 8.25. The first-order chi connectivity index (χ1) is 12.2. The van der Waals surface area contributed by atoms with E-state index in [1.54, 1.807) is 7.11 Å². The van der Waals surface area contributed by atoms with E-state index in [1.807, 2.05) is 79.7 Å². The summed E-state index contributed by atoms with van der Waals surface area (Å²) in [6.45, 7) is 1.98. The molecular formula is C22H21NO2. The highest BCUT2D eigenvalue weighted by atomic mass is 16.5. The summed E-state index contributed by atoms with van der Waals surface area (Å²) in [5.41, 5.74) is 4.89. The Hall–Kier alpha value is -3.07. The van der Waals surface area contributed by atoms with Gasteiger partial charge in [0, 0.05) is 11.3 Å². The maximum Gasteiger partial charge on any atom is 0.228 e. The van der Waals surface area contributed by atoms with Crippen molar-refractivity contribution in [3.05, 3.63) is 83.9 Å². The number of rotatable bonds is 5. The molecular weight excluding hydrogens is 310 g/mol. The molecule has 1 amide bonds. The van der Waals surface area contributed by atoms with E-state index in [9.17, 15) is 4.79 Å². The van der Waals surface area contributed by atoms with Crippen molar-refractivity contribution in [2.75, 3.05) is 12.4 Å². The molecule has 3 nitrogen and oxygen atoms in total. The van der Waals surface area contributed by atoms with Crippen LogP contribution in [0, 0.1) is 6.92 Å². The van der Waals surface area contributed by atoms with Gasteiger partial charge in [-0.3, -0.25) is 4.79 Å². The van der Waals surface area contributed by atoms with E-state index in [-0.39, 0.29) is 5.91 Å². The van der Waals surface area contributed by atoms with Crippen LogP contribution in [0.1, 0.15) is 11.1 Å². The van der Waals surface area contributed by atoms with Crippen LogP contribution in [0.15, 0.2) is 72.8 Å². The molecule has 0 saturated carbocycles. The van der Waals surface area contributed by atoms with Gasteiger partial charge in [-0.05, 0) is 35.7 Å². The number of aryl methyl sites for hydroxylation is 1. The summed E-state index contributed by atoms with van der Waals surface area (Å²) in [6.07, 6.45) is 0.305. The van der Waals surface area contributed by atoms with Crippen LogP contribution in [-0.4, -0.2) is 13.0 Å². The van der Waals surface area contributed by atoms with Crippen molar-refractivity contribution in [2.24, 2.45) is 0 Å². The van der Waals surface area contributed by atoms with Gasteiger partial charge in [-0.1, -0.05) is 60.7 Å². The summed E-state index contributed by atoms with van der Waals surface area (Å²) >= 11 is 0. The number of anilines is 1. The van der Waals surface area contributed by atoms with Gasteiger partial charge in [-0.25, -0.2) is 0 Å². The lowest BCUT2D eigenvalue weighted by atomic mass is 10.0. The first-order valence-electron chi connectivity index (χ1n) is 8.25. The Balaban J connectivity index is 1.78. The van der Waals surface area contributed by atoms with Gasteiger partial charge in [0.15, 0.2) is 0 Å². The largest absolute Gasteiger partial charge is 0.496 e. The first kappa shape index (κ1) is 16.8. The molecule has 0 aliphatic rings. The van der Waals surface area contributed by atoms with Gasteiger partial charge in [0.25, 0.3) is 0 Å². The molecule has 0 atom stereocenters. The predicted molar refractivity (Wildman–Crippen MR) is 102 cm³/mol. The predicted octanol–water partition coefficient (Wildman–Crippen LogP) is 4.85. The van der Waals surface area contributed by atoms with Crippen molar-refractivity contribution in [1.82, 2.24) is 0 Å². The van der Waals surface area contributed by atoms with Crippen molar-refractivity contribution in [3.8, 4) is 16.9 Å². The third-order valence-electron chi connectivity index (χ3n) is 4.12. The lowest BCUT2D eigenvalue weighted by Crippen LogP contribution is -2.15. The fourth-order valence-corrected chi connectivity index (χ4v) is 2.82. The molecule has 0 unspecified atom stereocenters. The van der Waals surface area contributed by atoms with Crippen LogP contribution in [0.5, 0.6) is 5.75 Å². The zero-order valence-electron chi connectivity index (χ0n) is 14.5. The van der Waals surface area contributed by atoms with Gasteiger partial charge >= 0.3 is 0 Å². The molecule has 1 N–H and O–H groups in total. The second kappa shape index (κ2) is 7.67. The normalized spacial score (nSPS) is 10.3. The van der Waals surface area contributed by atoms with Gasteiger partial charge in [0.05, 0.1) is 13.5 Å². The number of methoxy groups -OCH3 is 1. The molecule has 0 aliphatic heterocycles. The molecule has 25 heavy (non-hydrogen) atoms. The van der Waals surface area contributed by atoms with Crippen LogP contribution in [0.4, 0.5) is 5.69 Å². The lowest BCUT2D eigenvalue weighted by molar-refractivity contribution is -0.115. The van der Waals surface area contributed by atoms with Gasteiger partial charge in [0.2, 0.25) is 5.91 Å². The zero-order valence-corrected chi connectivity index (χ0v) is 14.5. The van der Waals surface area contributed by atoms with Crippen molar-refractivity contribution >= 4 is 11.6 Å². The highest BCUT2D eigenvalue weighted by Crippen LogP contribution is 2.27. The monoisotopic (exact) mass is 331 g/mol. The van der Waals surface area contributed by atoms with E-state index in [0.29, 0.717) is 6.42 Å². The molecule has 3 rings (SSSR count). The lowest BCUT2D eigenvalue weighted by Gasteiger charge is -2.12. The highest BCUT2D eigenvalue weighted by Gasteiger charge is 2.10. The molecule has 0 saturated heterocycles. The Kier molecular flexibility index (Phi) is 5.14. The summed E-state index contributed by atoms with van der Waals surface area (Å²) < 4.78 is 5.33. The summed E-state index contributed by atoms with van der Waals surface area (Å²) in [5.74, 6) is 0.754. The van der Waals surface area contributed by atoms with Crippen LogP contribution in [0.3, 0.4) is 0 Å². The summed E-state index contributed by atoms with van der Waals surface area (Å²) in [4.78, 5) is 12.5. The molecule has 0 fully saturated rings. The number of hydrogen-bond acceptors (Lipinski definition) is 2. The third-order valence-corrected chi connectivity index (χ3v) is 4.12. The molecule has 126 valence electrons. The summed E-state index contributed by atoms with van der Waals surface area (Å²) in [6, 6.07) is 23.7. The van der Waals surface area contributed by atoms with E-state index in [0.717, 1.165) is 33.7 Å². The fourth-order valence-electron chi connectivity index (χ4n) is 2.82.